The predicted molar refractivity (Wildman–Crippen MR) is 117 cm³/mol. The molecule has 0 N–H and O–H groups in total. The molecule has 0 saturated carbocycles. The number of ether oxygens (including phenoxy) is 1. The van der Waals surface area contributed by atoms with Gasteiger partial charge in [0.15, 0.2) is 5.11 Å². The van der Waals surface area contributed by atoms with E-state index in [1.54, 1.807) is 41.1 Å². The van der Waals surface area contributed by atoms with Gasteiger partial charge in [0.1, 0.15) is 18.1 Å². The van der Waals surface area contributed by atoms with E-state index in [1.807, 2.05) is 19.1 Å². The first-order chi connectivity index (χ1) is 13.8. The Balaban J connectivity index is 1.76. The molecule has 0 bridgehead atoms. The number of halogens is 1. The normalized spacial score (nSPS) is 15.3. The number of rotatable bonds is 6. The molecule has 1 heterocycles. The molecule has 0 unspecified atom stereocenters. The Morgan fingerprint density at radius 3 is 2.66 bits per heavy atom. The molecule has 3 rings (SSSR count). The molecular weight excluding hydrogens is 458 g/mol. The zero-order valence-electron chi connectivity index (χ0n) is 15.8. The maximum Gasteiger partial charge on any atom is 0.276 e. The van der Waals surface area contributed by atoms with Crippen LogP contribution in [0.3, 0.4) is 0 Å². The fourth-order valence-electron chi connectivity index (χ4n) is 2.89. The number of carbonyl (C=O) groups is 1. The minimum Gasteiger partial charge on any atom is -0.488 e. The van der Waals surface area contributed by atoms with Crippen molar-refractivity contribution in [1.82, 2.24) is 9.80 Å². The second-order valence-electron chi connectivity index (χ2n) is 6.33. The number of nitrogens with zero attached hydrogens (tertiary/aromatic N) is 3. The van der Waals surface area contributed by atoms with Gasteiger partial charge in [-0.15, -0.1) is 0 Å². The molecule has 0 aliphatic carbocycles. The van der Waals surface area contributed by atoms with Gasteiger partial charge in [-0.3, -0.25) is 19.8 Å². The third kappa shape index (κ3) is 4.46. The molecule has 0 radical (unpaired) electrons. The number of hydrogen-bond acceptors (Lipinski definition) is 5. The Morgan fingerprint density at radius 1 is 1.28 bits per heavy atom. The predicted octanol–water partition coefficient (Wildman–Crippen LogP) is 4.36. The summed E-state index contributed by atoms with van der Waals surface area (Å²) in [5.41, 5.74) is 2.05. The number of carbonyl (C=O) groups excluding carboxylic acids is 1. The molecule has 0 spiro atoms. The van der Waals surface area contributed by atoms with Crippen LogP contribution in [0.2, 0.25) is 0 Å². The molecule has 1 fully saturated rings. The van der Waals surface area contributed by atoms with Crippen LogP contribution in [-0.2, 0) is 11.4 Å². The van der Waals surface area contributed by atoms with Crippen LogP contribution in [-0.4, -0.2) is 39.3 Å². The fourth-order valence-corrected chi connectivity index (χ4v) is 3.71. The average Bonchev–Trinajstić information content (AvgIpc) is 2.90. The van der Waals surface area contributed by atoms with Gasteiger partial charge >= 0.3 is 0 Å². The lowest BCUT2D eigenvalue weighted by Crippen LogP contribution is -2.30. The number of thiocarbonyl (C=S) groups is 1. The van der Waals surface area contributed by atoms with Gasteiger partial charge in [-0.2, -0.15) is 0 Å². The second kappa shape index (κ2) is 8.71. The highest BCUT2D eigenvalue weighted by Crippen LogP contribution is 2.29. The molecular formula is C20H18BrN3O4S. The SMILES string of the molecule is CCN1C(=O)/C(=C/c2ccc(OCc3cccc([N+](=O)[O-])c3)c(Br)c2)N(C)C1=S. The molecule has 1 aliphatic rings. The van der Waals surface area contributed by atoms with Gasteiger partial charge in [0.2, 0.25) is 0 Å². The molecule has 0 atom stereocenters. The molecule has 7 nitrogen and oxygen atoms in total. The first-order valence-electron chi connectivity index (χ1n) is 8.78. The summed E-state index contributed by atoms with van der Waals surface area (Å²) in [4.78, 5) is 26.2. The van der Waals surface area contributed by atoms with E-state index in [1.165, 1.54) is 12.1 Å². The highest BCUT2D eigenvalue weighted by Gasteiger charge is 2.34. The van der Waals surface area contributed by atoms with Crippen LogP contribution in [0.15, 0.2) is 52.6 Å². The molecule has 1 saturated heterocycles. The smallest absolute Gasteiger partial charge is 0.276 e. The number of amides is 1. The molecule has 1 amide bonds. The number of likely N-dealkylation sites (N-methyl/N-ethyl adjacent to an activating group) is 2. The summed E-state index contributed by atoms with van der Waals surface area (Å²) in [6.45, 7) is 2.60. The van der Waals surface area contributed by atoms with Crippen LogP contribution in [0.4, 0.5) is 5.69 Å². The standard InChI is InChI=1S/C20H18BrN3O4S/c1-3-23-19(25)17(22(2)20(23)29)11-13-7-8-18(16(21)10-13)28-12-14-5-4-6-15(9-14)24(26)27/h4-11H,3,12H2,1-2H3/b17-11-. The molecule has 2 aromatic carbocycles. The molecule has 2 aromatic rings. The number of nitro benzene ring substituents is 1. The van der Waals surface area contributed by atoms with Crippen molar-refractivity contribution in [2.24, 2.45) is 0 Å². The van der Waals surface area contributed by atoms with Gasteiger partial charge in [-0.05, 0) is 64.4 Å². The van der Waals surface area contributed by atoms with E-state index in [0.29, 0.717) is 33.1 Å². The molecule has 29 heavy (non-hydrogen) atoms. The van der Waals surface area contributed by atoms with Crippen LogP contribution in [0.25, 0.3) is 6.08 Å². The zero-order valence-corrected chi connectivity index (χ0v) is 18.2. The summed E-state index contributed by atoms with van der Waals surface area (Å²) in [6.07, 6.45) is 1.78. The highest BCUT2D eigenvalue weighted by atomic mass is 79.9. The topological polar surface area (TPSA) is 75.9 Å². The van der Waals surface area contributed by atoms with Crippen LogP contribution in [0.5, 0.6) is 5.75 Å². The van der Waals surface area contributed by atoms with Crippen molar-refractivity contribution in [3.8, 4) is 5.75 Å². The lowest BCUT2D eigenvalue weighted by molar-refractivity contribution is -0.384. The number of benzene rings is 2. The quantitative estimate of drug-likeness (QED) is 0.267. The lowest BCUT2D eigenvalue weighted by Gasteiger charge is -2.13. The fraction of sp³-hybridized carbons (Fsp3) is 0.200. The van der Waals surface area contributed by atoms with E-state index in [-0.39, 0.29) is 18.2 Å². The van der Waals surface area contributed by atoms with Crippen molar-refractivity contribution < 1.29 is 14.5 Å². The summed E-state index contributed by atoms with van der Waals surface area (Å²) in [5, 5.41) is 11.4. The van der Waals surface area contributed by atoms with Crippen LogP contribution in [0.1, 0.15) is 18.1 Å². The Bertz CT molecular complexity index is 1020. The lowest BCUT2D eigenvalue weighted by atomic mass is 10.1. The first-order valence-corrected chi connectivity index (χ1v) is 9.99. The van der Waals surface area contributed by atoms with E-state index >= 15 is 0 Å². The second-order valence-corrected chi connectivity index (χ2v) is 7.55. The van der Waals surface area contributed by atoms with Crippen LogP contribution in [0, 0.1) is 10.1 Å². The first kappa shape index (κ1) is 20.9. The summed E-state index contributed by atoms with van der Waals surface area (Å²) in [6, 6.07) is 11.8. The van der Waals surface area contributed by atoms with Gasteiger partial charge in [0.25, 0.3) is 11.6 Å². The zero-order chi connectivity index (χ0) is 21.1. The monoisotopic (exact) mass is 475 g/mol. The van der Waals surface area contributed by atoms with E-state index < -0.39 is 4.92 Å². The van der Waals surface area contributed by atoms with Crippen LogP contribution < -0.4 is 4.74 Å². The summed E-state index contributed by atoms with van der Waals surface area (Å²) < 4.78 is 6.49. The number of non-ortho nitro benzene ring substituents is 1. The maximum absolute atomic E-state index is 12.5. The highest BCUT2D eigenvalue weighted by molar-refractivity contribution is 9.10. The van der Waals surface area contributed by atoms with Gasteiger partial charge in [0.05, 0.1) is 9.40 Å². The molecule has 1 aliphatic heterocycles. The van der Waals surface area contributed by atoms with E-state index in [9.17, 15) is 14.9 Å². The van der Waals surface area contributed by atoms with Crippen molar-refractivity contribution in [1.29, 1.82) is 0 Å². The van der Waals surface area contributed by atoms with Crippen molar-refractivity contribution in [2.75, 3.05) is 13.6 Å². The average molecular weight is 476 g/mol. The van der Waals surface area contributed by atoms with Crippen molar-refractivity contribution in [3.05, 3.63) is 73.9 Å². The Hall–Kier alpha value is -2.78. The van der Waals surface area contributed by atoms with Gasteiger partial charge in [-0.25, -0.2) is 0 Å². The Kier molecular flexibility index (Phi) is 6.29. The summed E-state index contributed by atoms with van der Waals surface area (Å²) in [7, 11) is 1.77. The minimum absolute atomic E-state index is 0.0246. The van der Waals surface area contributed by atoms with Crippen LogP contribution >= 0.6 is 28.1 Å². The summed E-state index contributed by atoms with van der Waals surface area (Å²) in [5.74, 6) is 0.470. The van der Waals surface area contributed by atoms with Crippen molar-refractivity contribution >= 4 is 50.9 Å². The van der Waals surface area contributed by atoms with E-state index in [2.05, 4.69) is 15.9 Å². The van der Waals surface area contributed by atoms with Gasteiger partial charge in [0, 0.05) is 25.7 Å². The van der Waals surface area contributed by atoms with Gasteiger partial charge in [-0.1, -0.05) is 18.2 Å². The molecule has 9 heteroatoms. The van der Waals surface area contributed by atoms with E-state index in [4.69, 9.17) is 17.0 Å². The Morgan fingerprint density at radius 2 is 2.03 bits per heavy atom. The maximum atomic E-state index is 12.5. The summed E-state index contributed by atoms with van der Waals surface area (Å²) >= 11 is 8.78. The molecule has 150 valence electrons. The Labute approximate surface area is 181 Å². The third-order valence-corrected chi connectivity index (χ3v) is 5.55. The molecule has 0 aromatic heterocycles. The third-order valence-electron chi connectivity index (χ3n) is 4.43. The van der Waals surface area contributed by atoms with Crippen molar-refractivity contribution in [2.45, 2.75) is 13.5 Å². The van der Waals surface area contributed by atoms with Gasteiger partial charge < -0.3 is 9.64 Å². The largest absolute Gasteiger partial charge is 0.488 e. The van der Waals surface area contributed by atoms with Crippen molar-refractivity contribution in [3.63, 3.8) is 0 Å². The number of hydrogen-bond donors (Lipinski definition) is 0. The van der Waals surface area contributed by atoms with E-state index in [0.717, 1.165) is 5.56 Å². The minimum atomic E-state index is -0.436. The number of nitro groups is 1.